The Bertz CT molecular complexity index is 734. The van der Waals surface area contributed by atoms with Crippen molar-refractivity contribution in [3.63, 3.8) is 0 Å². The molecule has 0 saturated carbocycles. The van der Waals surface area contributed by atoms with E-state index in [-0.39, 0.29) is 5.91 Å². The number of fused-ring (bicyclic) bond motifs is 1. The Morgan fingerprint density at radius 3 is 2.39 bits per heavy atom. The highest BCUT2D eigenvalue weighted by molar-refractivity contribution is 5.98. The monoisotopic (exact) mass is 308 g/mol. The number of benzene rings is 2. The molecule has 2 heterocycles. The molecule has 0 aromatic heterocycles. The third-order valence-corrected chi connectivity index (χ3v) is 4.67. The number of carbonyl (C=O) groups excluding carboxylic acids is 1. The summed E-state index contributed by atoms with van der Waals surface area (Å²) in [6.45, 7) is 4.20. The first-order chi connectivity index (χ1) is 11.2. The Morgan fingerprint density at radius 2 is 1.65 bits per heavy atom. The summed E-state index contributed by atoms with van der Waals surface area (Å²) in [4.78, 5) is 16.1. The second-order valence-corrected chi connectivity index (χ2v) is 6.18. The van der Waals surface area contributed by atoms with Gasteiger partial charge in [0.2, 0.25) is 0 Å². The Hall–Kier alpha value is -2.33. The number of nitrogens with zero attached hydrogens (tertiary/aromatic N) is 2. The van der Waals surface area contributed by atoms with Crippen LogP contribution in [0.1, 0.15) is 15.9 Å². The van der Waals surface area contributed by atoms with Crippen LogP contribution in [0.4, 0.5) is 5.69 Å². The fourth-order valence-corrected chi connectivity index (χ4v) is 3.33. The third-order valence-electron chi connectivity index (χ3n) is 4.67. The highest BCUT2D eigenvalue weighted by atomic mass is 16.5. The lowest BCUT2D eigenvalue weighted by Gasteiger charge is -2.28. The first-order valence-electron chi connectivity index (χ1n) is 8.04. The second kappa shape index (κ2) is 5.70. The standard InChI is InChI=1S/C19H20N2O2/c1-20-13-16-12-15(4-7-18(16)19(20)22)14-2-5-17(6-3-14)21-8-10-23-11-9-21/h2-7,12H,8-11,13H2,1H3. The van der Waals surface area contributed by atoms with Gasteiger partial charge in [-0.3, -0.25) is 4.79 Å². The molecule has 2 aromatic carbocycles. The molecule has 0 radical (unpaired) electrons. The van der Waals surface area contributed by atoms with Gasteiger partial charge in [-0.2, -0.15) is 0 Å². The molecule has 2 aliphatic heterocycles. The van der Waals surface area contributed by atoms with E-state index in [0.717, 1.165) is 37.4 Å². The molecular weight excluding hydrogens is 288 g/mol. The van der Waals surface area contributed by atoms with Gasteiger partial charge in [-0.1, -0.05) is 18.2 Å². The van der Waals surface area contributed by atoms with Crippen molar-refractivity contribution in [1.82, 2.24) is 4.90 Å². The molecule has 118 valence electrons. The van der Waals surface area contributed by atoms with Crippen molar-refractivity contribution in [1.29, 1.82) is 0 Å². The van der Waals surface area contributed by atoms with E-state index in [1.54, 1.807) is 4.90 Å². The number of hydrogen-bond acceptors (Lipinski definition) is 3. The molecule has 1 amide bonds. The van der Waals surface area contributed by atoms with Crippen LogP contribution in [0.3, 0.4) is 0 Å². The maximum Gasteiger partial charge on any atom is 0.254 e. The van der Waals surface area contributed by atoms with E-state index >= 15 is 0 Å². The maximum atomic E-state index is 12.0. The van der Waals surface area contributed by atoms with Crippen LogP contribution < -0.4 is 4.90 Å². The summed E-state index contributed by atoms with van der Waals surface area (Å²) in [5.41, 5.74) is 5.55. The molecule has 0 N–H and O–H groups in total. The van der Waals surface area contributed by atoms with Gasteiger partial charge in [0, 0.05) is 37.9 Å². The van der Waals surface area contributed by atoms with E-state index in [9.17, 15) is 4.79 Å². The maximum absolute atomic E-state index is 12.0. The van der Waals surface area contributed by atoms with Gasteiger partial charge < -0.3 is 14.5 Å². The van der Waals surface area contributed by atoms with Crippen molar-refractivity contribution in [3.05, 3.63) is 53.6 Å². The minimum Gasteiger partial charge on any atom is -0.378 e. The Kier molecular flexibility index (Phi) is 3.54. The molecule has 1 fully saturated rings. The molecule has 0 bridgehead atoms. The number of anilines is 1. The second-order valence-electron chi connectivity index (χ2n) is 6.18. The smallest absolute Gasteiger partial charge is 0.254 e. The summed E-state index contributed by atoms with van der Waals surface area (Å²) in [5.74, 6) is 0.120. The average molecular weight is 308 g/mol. The molecule has 4 rings (SSSR count). The predicted octanol–water partition coefficient (Wildman–Crippen LogP) is 2.78. The van der Waals surface area contributed by atoms with E-state index < -0.39 is 0 Å². The Labute approximate surface area is 136 Å². The zero-order valence-electron chi connectivity index (χ0n) is 13.3. The van der Waals surface area contributed by atoms with Crippen LogP contribution in [0, 0.1) is 0 Å². The first-order valence-corrected chi connectivity index (χ1v) is 8.04. The molecule has 2 aliphatic rings. The molecule has 4 nitrogen and oxygen atoms in total. The van der Waals surface area contributed by atoms with Crippen molar-refractivity contribution in [2.24, 2.45) is 0 Å². The molecule has 1 saturated heterocycles. The van der Waals surface area contributed by atoms with Gasteiger partial charge in [0.1, 0.15) is 0 Å². The van der Waals surface area contributed by atoms with Crippen molar-refractivity contribution < 1.29 is 9.53 Å². The normalized spacial score (nSPS) is 17.5. The number of morpholine rings is 1. The molecule has 0 unspecified atom stereocenters. The van der Waals surface area contributed by atoms with Gasteiger partial charge in [0.15, 0.2) is 0 Å². The number of hydrogen-bond donors (Lipinski definition) is 0. The van der Waals surface area contributed by atoms with Crippen LogP contribution in [0.5, 0.6) is 0 Å². The van der Waals surface area contributed by atoms with Gasteiger partial charge in [-0.15, -0.1) is 0 Å². The molecule has 0 spiro atoms. The summed E-state index contributed by atoms with van der Waals surface area (Å²) in [6.07, 6.45) is 0. The Balaban J connectivity index is 1.59. The predicted molar refractivity (Wildman–Crippen MR) is 90.7 cm³/mol. The largest absolute Gasteiger partial charge is 0.378 e. The third kappa shape index (κ3) is 2.59. The van der Waals surface area contributed by atoms with Crippen LogP contribution >= 0.6 is 0 Å². The van der Waals surface area contributed by atoms with Crippen LogP contribution in [0.25, 0.3) is 11.1 Å². The zero-order valence-corrected chi connectivity index (χ0v) is 13.3. The number of carbonyl (C=O) groups is 1. The van der Waals surface area contributed by atoms with Gasteiger partial charge in [-0.05, 0) is 41.0 Å². The van der Waals surface area contributed by atoms with Gasteiger partial charge >= 0.3 is 0 Å². The van der Waals surface area contributed by atoms with Crippen LogP contribution in [0.2, 0.25) is 0 Å². The average Bonchev–Trinajstić information content (AvgIpc) is 2.90. The zero-order chi connectivity index (χ0) is 15.8. The highest BCUT2D eigenvalue weighted by Gasteiger charge is 2.24. The minimum atomic E-state index is 0.120. The number of ether oxygens (including phenoxy) is 1. The molecule has 2 aromatic rings. The highest BCUT2D eigenvalue weighted by Crippen LogP contribution is 2.29. The van der Waals surface area contributed by atoms with E-state index in [1.807, 2.05) is 19.2 Å². The van der Waals surface area contributed by atoms with Crippen molar-refractivity contribution in [2.75, 3.05) is 38.3 Å². The van der Waals surface area contributed by atoms with Crippen molar-refractivity contribution in [3.8, 4) is 11.1 Å². The van der Waals surface area contributed by atoms with Crippen LogP contribution in [-0.2, 0) is 11.3 Å². The number of rotatable bonds is 2. The topological polar surface area (TPSA) is 32.8 Å². The summed E-state index contributed by atoms with van der Waals surface area (Å²) in [5, 5.41) is 0. The van der Waals surface area contributed by atoms with Crippen LogP contribution in [-0.4, -0.2) is 44.2 Å². The first kappa shape index (κ1) is 14.3. The number of amides is 1. The Morgan fingerprint density at radius 1 is 0.957 bits per heavy atom. The molecule has 23 heavy (non-hydrogen) atoms. The fraction of sp³-hybridized carbons (Fsp3) is 0.316. The van der Waals surface area contributed by atoms with Crippen molar-refractivity contribution >= 4 is 11.6 Å². The van der Waals surface area contributed by atoms with E-state index in [4.69, 9.17) is 4.74 Å². The van der Waals surface area contributed by atoms with E-state index in [1.165, 1.54) is 16.8 Å². The minimum absolute atomic E-state index is 0.120. The van der Waals surface area contributed by atoms with E-state index in [2.05, 4.69) is 35.2 Å². The quantitative estimate of drug-likeness (QED) is 0.855. The SMILES string of the molecule is CN1Cc2cc(-c3ccc(N4CCOCC4)cc3)ccc2C1=O. The van der Waals surface area contributed by atoms with Gasteiger partial charge in [-0.25, -0.2) is 0 Å². The fourth-order valence-electron chi connectivity index (χ4n) is 3.33. The molecule has 0 aliphatic carbocycles. The van der Waals surface area contributed by atoms with Gasteiger partial charge in [0.05, 0.1) is 13.2 Å². The summed E-state index contributed by atoms with van der Waals surface area (Å²) in [6, 6.07) is 14.8. The summed E-state index contributed by atoms with van der Waals surface area (Å²) >= 11 is 0. The summed E-state index contributed by atoms with van der Waals surface area (Å²) < 4.78 is 5.40. The lowest BCUT2D eigenvalue weighted by atomic mass is 10.00. The lowest BCUT2D eigenvalue weighted by molar-refractivity contribution is 0.0816. The van der Waals surface area contributed by atoms with Gasteiger partial charge in [0.25, 0.3) is 5.91 Å². The lowest BCUT2D eigenvalue weighted by Crippen LogP contribution is -2.36. The molecule has 4 heteroatoms. The summed E-state index contributed by atoms with van der Waals surface area (Å²) in [7, 11) is 1.85. The van der Waals surface area contributed by atoms with Crippen LogP contribution in [0.15, 0.2) is 42.5 Å². The van der Waals surface area contributed by atoms with Crippen molar-refractivity contribution in [2.45, 2.75) is 6.54 Å². The molecular formula is C19H20N2O2. The molecule has 0 atom stereocenters. The van der Waals surface area contributed by atoms with E-state index in [0.29, 0.717) is 6.54 Å².